The highest BCUT2D eigenvalue weighted by Crippen LogP contribution is 2.41. The van der Waals surface area contributed by atoms with E-state index in [1.807, 2.05) is 6.07 Å². The van der Waals surface area contributed by atoms with Crippen LogP contribution < -0.4 is 5.32 Å². The SMILES string of the molecule is CCC1CCCCC1C(NC)c1ccc(Cl)c(Br)c1. The maximum absolute atomic E-state index is 6.10. The number of hydrogen-bond acceptors (Lipinski definition) is 1. The molecule has 0 saturated heterocycles. The van der Waals surface area contributed by atoms with Gasteiger partial charge in [-0.05, 0) is 58.9 Å². The predicted octanol–water partition coefficient (Wildman–Crippen LogP) is 5.58. The molecule has 3 unspecified atom stereocenters. The Kier molecular flexibility index (Phi) is 5.73. The van der Waals surface area contributed by atoms with Gasteiger partial charge in [0.25, 0.3) is 0 Å². The summed E-state index contributed by atoms with van der Waals surface area (Å²) in [5, 5.41) is 4.32. The average molecular weight is 345 g/mol. The van der Waals surface area contributed by atoms with Gasteiger partial charge < -0.3 is 5.32 Å². The molecule has 0 spiro atoms. The van der Waals surface area contributed by atoms with Crippen molar-refractivity contribution in [1.29, 1.82) is 0 Å². The summed E-state index contributed by atoms with van der Waals surface area (Å²) >= 11 is 9.64. The van der Waals surface area contributed by atoms with Crippen molar-refractivity contribution in [2.24, 2.45) is 11.8 Å². The third kappa shape index (κ3) is 3.53. The van der Waals surface area contributed by atoms with Crippen LogP contribution in [0.3, 0.4) is 0 Å². The molecule has 2 rings (SSSR count). The largest absolute Gasteiger partial charge is 0.313 e. The predicted molar refractivity (Wildman–Crippen MR) is 86.7 cm³/mol. The van der Waals surface area contributed by atoms with Gasteiger partial charge in [0.1, 0.15) is 0 Å². The Labute approximate surface area is 130 Å². The normalized spacial score (nSPS) is 25.3. The molecule has 1 aliphatic rings. The van der Waals surface area contributed by atoms with Crippen LogP contribution in [-0.4, -0.2) is 7.05 Å². The molecule has 19 heavy (non-hydrogen) atoms. The summed E-state index contributed by atoms with van der Waals surface area (Å²) in [4.78, 5) is 0. The molecule has 1 aliphatic carbocycles. The molecule has 1 saturated carbocycles. The maximum atomic E-state index is 6.10. The van der Waals surface area contributed by atoms with Crippen LogP contribution in [-0.2, 0) is 0 Å². The summed E-state index contributed by atoms with van der Waals surface area (Å²) in [5.74, 6) is 1.59. The van der Waals surface area contributed by atoms with E-state index in [4.69, 9.17) is 11.6 Å². The van der Waals surface area contributed by atoms with Gasteiger partial charge in [-0.25, -0.2) is 0 Å². The summed E-state index contributed by atoms with van der Waals surface area (Å²) in [5.41, 5.74) is 1.35. The van der Waals surface area contributed by atoms with Gasteiger partial charge in [-0.1, -0.05) is 50.3 Å². The van der Waals surface area contributed by atoms with Gasteiger partial charge in [0.05, 0.1) is 5.02 Å². The molecule has 1 N–H and O–H groups in total. The number of nitrogens with one attached hydrogen (secondary N) is 1. The van der Waals surface area contributed by atoms with Gasteiger partial charge in [0.15, 0.2) is 0 Å². The van der Waals surface area contributed by atoms with E-state index >= 15 is 0 Å². The molecular weight excluding hydrogens is 322 g/mol. The van der Waals surface area contributed by atoms with Crippen molar-refractivity contribution < 1.29 is 0 Å². The average Bonchev–Trinajstić information content (AvgIpc) is 2.44. The van der Waals surface area contributed by atoms with Crippen molar-refractivity contribution in [2.45, 2.75) is 45.1 Å². The van der Waals surface area contributed by atoms with Crippen LogP contribution in [0.2, 0.25) is 5.02 Å². The Morgan fingerprint density at radius 3 is 2.74 bits per heavy atom. The molecule has 106 valence electrons. The summed E-state index contributed by atoms with van der Waals surface area (Å²) in [6.07, 6.45) is 6.78. The Bertz CT molecular complexity index is 421. The zero-order chi connectivity index (χ0) is 13.8. The number of hydrogen-bond donors (Lipinski definition) is 1. The second-order valence-corrected chi connectivity index (χ2v) is 6.82. The van der Waals surface area contributed by atoms with E-state index in [0.29, 0.717) is 6.04 Å². The topological polar surface area (TPSA) is 12.0 Å². The molecule has 1 aromatic rings. The van der Waals surface area contributed by atoms with Gasteiger partial charge >= 0.3 is 0 Å². The first-order valence-electron chi connectivity index (χ1n) is 7.29. The fourth-order valence-corrected chi connectivity index (χ4v) is 4.03. The van der Waals surface area contributed by atoms with E-state index in [-0.39, 0.29) is 0 Å². The molecule has 0 bridgehead atoms. The lowest BCUT2D eigenvalue weighted by Gasteiger charge is -2.37. The number of rotatable bonds is 4. The quantitative estimate of drug-likeness (QED) is 0.752. The highest BCUT2D eigenvalue weighted by Gasteiger charge is 2.30. The van der Waals surface area contributed by atoms with Gasteiger partial charge in [-0.15, -0.1) is 0 Å². The van der Waals surface area contributed by atoms with Crippen LogP contribution >= 0.6 is 27.5 Å². The molecule has 3 heteroatoms. The first-order valence-corrected chi connectivity index (χ1v) is 8.46. The molecule has 0 aliphatic heterocycles. The zero-order valence-corrected chi connectivity index (χ0v) is 14.1. The van der Waals surface area contributed by atoms with Crippen molar-refractivity contribution in [2.75, 3.05) is 7.05 Å². The maximum Gasteiger partial charge on any atom is 0.0548 e. The van der Waals surface area contributed by atoms with E-state index in [9.17, 15) is 0 Å². The second-order valence-electron chi connectivity index (χ2n) is 5.56. The first-order chi connectivity index (χ1) is 9.17. The molecule has 3 atom stereocenters. The lowest BCUT2D eigenvalue weighted by molar-refractivity contribution is 0.180. The molecule has 1 nitrogen and oxygen atoms in total. The summed E-state index contributed by atoms with van der Waals surface area (Å²) in [7, 11) is 2.08. The van der Waals surface area contributed by atoms with E-state index in [2.05, 4.69) is 47.4 Å². The first kappa shape index (κ1) is 15.3. The molecule has 1 fully saturated rings. The molecule has 0 aromatic heterocycles. The van der Waals surface area contributed by atoms with Crippen molar-refractivity contribution in [3.05, 3.63) is 33.3 Å². The van der Waals surface area contributed by atoms with E-state index < -0.39 is 0 Å². The molecule has 0 radical (unpaired) electrons. The van der Waals surface area contributed by atoms with Crippen molar-refractivity contribution >= 4 is 27.5 Å². The third-order valence-corrected chi connectivity index (χ3v) is 5.75. The van der Waals surface area contributed by atoms with E-state index in [1.165, 1.54) is 37.7 Å². The molecule has 0 amide bonds. The Morgan fingerprint density at radius 1 is 1.37 bits per heavy atom. The Morgan fingerprint density at radius 2 is 2.11 bits per heavy atom. The standard InChI is InChI=1S/C16H23BrClN/c1-3-11-6-4-5-7-13(11)16(19-2)12-8-9-15(18)14(17)10-12/h8-11,13,16,19H,3-7H2,1-2H3. The third-order valence-electron chi connectivity index (χ3n) is 4.53. The van der Waals surface area contributed by atoms with Gasteiger partial charge in [0.2, 0.25) is 0 Å². The Balaban J connectivity index is 2.24. The number of benzene rings is 1. The minimum atomic E-state index is 0.443. The van der Waals surface area contributed by atoms with Crippen LogP contribution in [0, 0.1) is 11.8 Å². The molecule has 0 heterocycles. The fraction of sp³-hybridized carbons (Fsp3) is 0.625. The zero-order valence-electron chi connectivity index (χ0n) is 11.8. The van der Waals surface area contributed by atoms with Gasteiger partial charge in [-0.3, -0.25) is 0 Å². The summed E-state index contributed by atoms with van der Waals surface area (Å²) in [6.45, 7) is 2.33. The van der Waals surface area contributed by atoms with Gasteiger partial charge in [-0.2, -0.15) is 0 Å². The Hall–Kier alpha value is -0.0500. The highest BCUT2D eigenvalue weighted by molar-refractivity contribution is 9.10. The van der Waals surface area contributed by atoms with Crippen LogP contribution in [0.15, 0.2) is 22.7 Å². The van der Waals surface area contributed by atoms with Crippen molar-refractivity contribution in [3.63, 3.8) is 0 Å². The minimum Gasteiger partial charge on any atom is -0.313 e. The second kappa shape index (κ2) is 7.10. The lowest BCUT2D eigenvalue weighted by Crippen LogP contribution is -2.32. The lowest BCUT2D eigenvalue weighted by atomic mass is 9.72. The van der Waals surface area contributed by atoms with E-state index in [0.717, 1.165) is 21.3 Å². The molecular formula is C16H23BrClN. The van der Waals surface area contributed by atoms with Crippen LogP contribution in [0.4, 0.5) is 0 Å². The summed E-state index contributed by atoms with van der Waals surface area (Å²) < 4.78 is 0.996. The van der Waals surface area contributed by atoms with Crippen LogP contribution in [0.5, 0.6) is 0 Å². The fourth-order valence-electron chi connectivity index (χ4n) is 3.52. The van der Waals surface area contributed by atoms with Crippen LogP contribution in [0.1, 0.15) is 50.6 Å². The van der Waals surface area contributed by atoms with E-state index in [1.54, 1.807) is 0 Å². The number of halogens is 2. The van der Waals surface area contributed by atoms with Crippen LogP contribution in [0.25, 0.3) is 0 Å². The summed E-state index contributed by atoms with van der Waals surface area (Å²) in [6, 6.07) is 6.77. The monoisotopic (exact) mass is 343 g/mol. The smallest absolute Gasteiger partial charge is 0.0548 e. The minimum absolute atomic E-state index is 0.443. The van der Waals surface area contributed by atoms with Gasteiger partial charge in [0, 0.05) is 10.5 Å². The molecule has 1 aromatic carbocycles. The van der Waals surface area contributed by atoms with Crippen molar-refractivity contribution in [1.82, 2.24) is 5.32 Å². The highest BCUT2D eigenvalue weighted by atomic mass is 79.9. The van der Waals surface area contributed by atoms with Crippen molar-refractivity contribution in [3.8, 4) is 0 Å².